The number of fused-ring (bicyclic) bond motifs is 1. The third kappa shape index (κ3) is 1.41. The molecule has 0 amide bonds. The first-order valence-corrected chi connectivity index (χ1v) is 4.18. The predicted molar refractivity (Wildman–Crippen MR) is 50.3 cm³/mol. The molecular formula is C11H9NO. The standard InChI is InChI=1S/C11H9NO/c1-8-2-4-10-6-9(7-12)3-5-11(10)13-8/h2-6,8H,1H3. The molecule has 0 saturated carbocycles. The lowest BCUT2D eigenvalue weighted by atomic mass is 10.1. The Morgan fingerprint density at radius 3 is 3.08 bits per heavy atom. The van der Waals surface area contributed by atoms with Crippen LogP contribution in [0.3, 0.4) is 0 Å². The highest BCUT2D eigenvalue weighted by Crippen LogP contribution is 2.26. The molecule has 0 aromatic heterocycles. The molecule has 0 spiro atoms. The lowest BCUT2D eigenvalue weighted by Crippen LogP contribution is -2.11. The Hall–Kier alpha value is -1.75. The average Bonchev–Trinajstić information content (AvgIpc) is 2.17. The van der Waals surface area contributed by atoms with E-state index in [1.807, 2.05) is 31.2 Å². The van der Waals surface area contributed by atoms with Gasteiger partial charge in [-0.25, -0.2) is 0 Å². The summed E-state index contributed by atoms with van der Waals surface area (Å²) in [5, 5.41) is 8.68. The smallest absolute Gasteiger partial charge is 0.127 e. The molecule has 0 fully saturated rings. The fourth-order valence-electron chi connectivity index (χ4n) is 1.33. The summed E-state index contributed by atoms with van der Waals surface area (Å²) in [6.07, 6.45) is 4.09. The molecule has 1 unspecified atom stereocenters. The van der Waals surface area contributed by atoms with E-state index in [4.69, 9.17) is 10.00 Å². The van der Waals surface area contributed by atoms with Crippen molar-refractivity contribution < 1.29 is 4.74 Å². The van der Waals surface area contributed by atoms with Gasteiger partial charge < -0.3 is 4.74 Å². The molecule has 64 valence electrons. The van der Waals surface area contributed by atoms with Crippen molar-refractivity contribution in [2.24, 2.45) is 0 Å². The van der Waals surface area contributed by atoms with Crippen LogP contribution in [-0.2, 0) is 0 Å². The quantitative estimate of drug-likeness (QED) is 0.600. The van der Waals surface area contributed by atoms with Crippen molar-refractivity contribution in [2.45, 2.75) is 13.0 Å². The van der Waals surface area contributed by atoms with Crippen molar-refractivity contribution in [3.05, 3.63) is 35.4 Å². The molecule has 0 bridgehead atoms. The Labute approximate surface area is 77.1 Å². The zero-order chi connectivity index (χ0) is 9.26. The maximum atomic E-state index is 8.68. The molecule has 0 radical (unpaired) electrons. The van der Waals surface area contributed by atoms with Crippen LogP contribution < -0.4 is 4.74 Å². The van der Waals surface area contributed by atoms with Crippen LogP contribution in [0.15, 0.2) is 24.3 Å². The molecule has 1 aliphatic rings. The van der Waals surface area contributed by atoms with Crippen molar-refractivity contribution in [1.82, 2.24) is 0 Å². The second-order valence-corrected chi connectivity index (χ2v) is 3.05. The Morgan fingerprint density at radius 1 is 1.46 bits per heavy atom. The Balaban J connectivity index is 2.47. The van der Waals surface area contributed by atoms with E-state index in [1.165, 1.54) is 0 Å². The Morgan fingerprint density at radius 2 is 2.31 bits per heavy atom. The first-order chi connectivity index (χ1) is 6.29. The number of hydrogen-bond acceptors (Lipinski definition) is 2. The number of rotatable bonds is 0. The molecule has 1 atom stereocenters. The van der Waals surface area contributed by atoms with Crippen LogP contribution in [0.5, 0.6) is 5.75 Å². The normalized spacial score (nSPS) is 18.6. The van der Waals surface area contributed by atoms with E-state index in [0.717, 1.165) is 11.3 Å². The fraction of sp³-hybridized carbons (Fsp3) is 0.182. The van der Waals surface area contributed by atoms with E-state index in [2.05, 4.69) is 6.07 Å². The monoisotopic (exact) mass is 171 g/mol. The van der Waals surface area contributed by atoms with Gasteiger partial charge in [-0.15, -0.1) is 0 Å². The summed E-state index contributed by atoms with van der Waals surface area (Å²) < 4.78 is 5.54. The molecule has 1 aliphatic heterocycles. The minimum absolute atomic E-state index is 0.125. The molecule has 13 heavy (non-hydrogen) atoms. The molecule has 0 saturated heterocycles. The summed E-state index contributed by atoms with van der Waals surface area (Å²) in [5.41, 5.74) is 1.65. The third-order valence-corrected chi connectivity index (χ3v) is 2.00. The maximum Gasteiger partial charge on any atom is 0.127 e. The topological polar surface area (TPSA) is 33.0 Å². The lowest BCUT2D eigenvalue weighted by molar-refractivity contribution is 0.266. The van der Waals surface area contributed by atoms with Gasteiger partial charge in [0.15, 0.2) is 0 Å². The van der Waals surface area contributed by atoms with E-state index in [0.29, 0.717) is 5.56 Å². The number of ether oxygens (including phenoxy) is 1. The van der Waals surface area contributed by atoms with Crippen LogP contribution >= 0.6 is 0 Å². The van der Waals surface area contributed by atoms with E-state index < -0.39 is 0 Å². The van der Waals surface area contributed by atoms with Gasteiger partial charge in [0.25, 0.3) is 0 Å². The molecular weight excluding hydrogens is 162 g/mol. The molecule has 2 rings (SSSR count). The van der Waals surface area contributed by atoms with Gasteiger partial charge in [0.05, 0.1) is 11.6 Å². The van der Waals surface area contributed by atoms with E-state index in [-0.39, 0.29) is 6.10 Å². The van der Waals surface area contributed by atoms with Gasteiger partial charge in [-0.05, 0) is 31.2 Å². The van der Waals surface area contributed by atoms with Crippen LogP contribution in [0.2, 0.25) is 0 Å². The average molecular weight is 171 g/mol. The largest absolute Gasteiger partial charge is 0.486 e. The Kier molecular flexibility index (Phi) is 1.79. The van der Waals surface area contributed by atoms with E-state index in [9.17, 15) is 0 Å². The minimum Gasteiger partial charge on any atom is -0.486 e. The summed E-state index contributed by atoms with van der Waals surface area (Å²) in [6, 6.07) is 7.54. The third-order valence-electron chi connectivity index (χ3n) is 2.00. The second kappa shape index (κ2) is 2.95. The highest BCUT2D eigenvalue weighted by Gasteiger charge is 2.10. The van der Waals surface area contributed by atoms with Crippen LogP contribution in [0.25, 0.3) is 6.08 Å². The first-order valence-electron chi connectivity index (χ1n) is 4.18. The summed E-state index contributed by atoms with van der Waals surface area (Å²) in [4.78, 5) is 0. The number of nitrogens with zero attached hydrogens (tertiary/aromatic N) is 1. The number of hydrogen-bond donors (Lipinski definition) is 0. The number of nitriles is 1. The number of benzene rings is 1. The van der Waals surface area contributed by atoms with Gasteiger partial charge >= 0.3 is 0 Å². The second-order valence-electron chi connectivity index (χ2n) is 3.05. The maximum absolute atomic E-state index is 8.68. The summed E-state index contributed by atoms with van der Waals surface area (Å²) >= 11 is 0. The zero-order valence-corrected chi connectivity index (χ0v) is 7.32. The van der Waals surface area contributed by atoms with Crippen LogP contribution in [0, 0.1) is 11.3 Å². The van der Waals surface area contributed by atoms with E-state index in [1.54, 1.807) is 6.07 Å². The molecule has 1 aromatic rings. The van der Waals surface area contributed by atoms with Gasteiger partial charge in [-0.3, -0.25) is 0 Å². The van der Waals surface area contributed by atoms with Crippen molar-refractivity contribution in [2.75, 3.05) is 0 Å². The molecule has 0 N–H and O–H groups in total. The highest BCUT2D eigenvalue weighted by molar-refractivity contribution is 5.62. The van der Waals surface area contributed by atoms with Crippen LogP contribution in [0.1, 0.15) is 18.1 Å². The molecule has 1 heterocycles. The van der Waals surface area contributed by atoms with Crippen LogP contribution in [0.4, 0.5) is 0 Å². The van der Waals surface area contributed by atoms with Gasteiger partial charge in [0.1, 0.15) is 11.9 Å². The van der Waals surface area contributed by atoms with Gasteiger partial charge in [0, 0.05) is 5.56 Å². The van der Waals surface area contributed by atoms with Crippen molar-refractivity contribution >= 4 is 6.08 Å². The molecule has 2 heteroatoms. The van der Waals surface area contributed by atoms with Crippen LogP contribution in [-0.4, -0.2) is 6.10 Å². The van der Waals surface area contributed by atoms with Gasteiger partial charge in [-0.1, -0.05) is 6.08 Å². The van der Waals surface area contributed by atoms with Gasteiger partial charge in [0.2, 0.25) is 0 Å². The highest BCUT2D eigenvalue weighted by atomic mass is 16.5. The lowest BCUT2D eigenvalue weighted by Gasteiger charge is -2.17. The summed E-state index contributed by atoms with van der Waals surface area (Å²) in [7, 11) is 0. The Bertz CT molecular complexity index is 401. The fourth-order valence-corrected chi connectivity index (χ4v) is 1.33. The van der Waals surface area contributed by atoms with Crippen molar-refractivity contribution in [1.29, 1.82) is 5.26 Å². The van der Waals surface area contributed by atoms with Gasteiger partial charge in [-0.2, -0.15) is 5.26 Å². The SMILES string of the molecule is CC1C=Cc2cc(C#N)ccc2O1. The minimum atomic E-state index is 0.125. The van der Waals surface area contributed by atoms with E-state index >= 15 is 0 Å². The van der Waals surface area contributed by atoms with Crippen molar-refractivity contribution in [3.63, 3.8) is 0 Å². The molecule has 1 aromatic carbocycles. The molecule has 2 nitrogen and oxygen atoms in total. The summed E-state index contributed by atoms with van der Waals surface area (Å²) in [6.45, 7) is 1.98. The first kappa shape index (κ1) is 7.88. The predicted octanol–water partition coefficient (Wildman–Crippen LogP) is 2.35. The molecule has 0 aliphatic carbocycles. The summed E-state index contributed by atoms with van der Waals surface area (Å²) in [5.74, 6) is 0.856. The van der Waals surface area contributed by atoms with Crippen molar-refractivity contribution in [3.8, 4) is 11.8 Å². The zero-order valence-electron chi connectivity index (χ0n) is 7.32.